The molecule has 0 aliphatic carbocycles. The second-order valence-electron chi connectivity index (χ2n) is 13.9. The van der Waals surface area contributed by atoms with E-state index in [0.717, 1.165) is 55.8 Å². The lowest BCUT2D eigenvalue weighted by molar-refractivity contribution is 0.193. The molecule has 0 saturated carbocycles. The lowest BCUT2D eigenvalue weighted by Gasteiger charge is -2.24. The third kappa shape index (κ3) is 12.1. The molecule has 0 spiro atoms. The Morgan fingerprint density at radius 1 is 0.558 bits per heavy atom. The maximum absolute atomic E-state index is 13.0. The number of fused-ring (bicyclic) bond motifs is 3. The summed E-state index contributed by atoms with van der Waals surface area (Å²) in [6.07, 6.45) is 4.75. The molecule has 6 nitrogen and oxygen atoms in total. The number of hydrogen-bond acceptors (Lipinski definition) is 6. The zero-order chi connectivity index (χ0) is 31.4. The van der Waals surface area contributed by atoms with Gasteiger partial charge in [-0.15, -0.1) is 0 Å². The Hall–Kier alpha value is -2.57. The van der Waals surface area contributed by atoms with E-state index >= 15 is 0 Å². The first kappa shape index (κ1) is 34.9. The van der Waals surface area contributed by atoms with Gasteiger partial charge in [0.25, 0.3) is 0 Å². The van der Waals surface area contributed by atoms with Gasteiger partial charge in [-0.25, -0.2) is 4.79 Å². The summed E-state index contributed by atoms with van der Waals surface area (Å²) in [5.41, 5.74) is 0.195. The number of ether oxygens (including phenoxy) is 2. The molecule has 0 fully saturated rings. The Kier molecular flexibility index (Phi) is 14.3. The highest BCUT2D eigenvalue weighted by atomic mass is 16.5. The van der Waals surface area contributed by atoms with E-state index in [0.29, 0.717) is 53.6 Å². The summed E-state index contributed by atoms with van der Waals surface area (Å²) in [5.74, 6) is 4.17. The van der Waals surface area contributed by atoms with Gasteiger partial charge in [0.1, 0.15) is 30.3 Å². The van der Waals surface area contributed by atoms with Crippen molar-refractivity contribution in [3.8, 4) is 11.5 Å². The number of benzene rings is 2. The van der Waals surface area contributed by atoms with Gasteiger partial charge in [-0.3, -0.25) is 9.80 Å². The van der Waals surface area contributed by atoms with Crippen LogP contribution in [-0.4, -0.2) is 62.3 Å². The molecule has 3 aromatic rings. The zero-order valence-electron chi connectivity index (χ0n) is 28.3. The van der Waals surface area contributed by atoms with E-state index in [-0.39, 0.29) is 5.63 Å². The van der Waals surface area contributed by atoms with Gasteiger partial charge in [-0.1, -0.05) is 55.4 Å². The molecule has 2 aromatic carbocycles. The number of hydrogen-bond donors (Lipinski definition) is 0. The van der Waals surface area contributed by atoms with Crippen molar-refractivity contribution in [2.45, 2.75) is 81.1 Å². The Morgan fingerprint density at radius 2 is 0.977 bits per heavy atom. The van der Waals surface area contributed by atoms with Crippen molar-refractivity contribution in [1.82, 2.24) is 9.80 Å². The van der Waals surface area contributed by atoms with Crippen molar-refractivity contribution in [1.29, 1.82) is 0 Å². The summed E-state index contributed by atoms with van der Waals surface area (Å²) >= 11 is 0. The summed E-state index contributed by atoms with van der Waals surface area (Å²) in [4.78, 5) is 18.0. The molecule has 0 saturated heterocycles. The Balaban J connectivity index is 1.64. The molecule has 240 valence electrons. The average molecular weight is 595 g/mol. The summed E-state index contributed by atoms with van der Waals surface area (Å²) in [6, 6.07) is 11.6. The van der Waals surface area contributed by atoms with Gasteiger partial charge in [-0.05, 0) is 106 Å². The van der Waals surface area contributed by atoms with E-state index < -0.39 is 0 Å². The van der Waals surface area contributed by atoms with Gasteiger partial charge in [0, 0.05) is 29.9 Å². The minimum Gasteiger partial charge on any atom is -0.492 e. The Labute approximate surface area is 260 Å². The monoisotopic (exact) mass is 594 g/mol. The highest BCUT2D eigenvalue weighted by Crippen LogP contribution is 2.28. The molecular weight excluding hydrogens is 536 g/mol. The molecule has 0 unspecified atom stereocenters. The van der Waals surface area contributed by atoms with E-state index in [9.17, 15) is 4.79 Å². The molecule has 3 rings (SSSR count). The normalized spacial score (nSPS) is 12.3. The van der Waals surface area contributed by atoms with Crippen LogP contribution in [0.15, 0.2) is 45.6 Å². The van der Waals surface area contributed by atoms with Gasteiger partial charge in [0.15, 0.2) is 0 Å². The minimum absolute atomic E-state index is 0.353. The lowest BCUT2D eigenvalue weighted by Crippen LogP contribution is -2.31. The largest absolute Gasteiger partial charge is 0.492 e. The maximum Gasteiger partial charge on any atom is 0.344 e. The van der Waals surface area contributed by atoms with Crippen molar-refractivity contribution in [3.63, 3.8) is 0 Å². The van der Waals surface area contributed by atoms with E-state index in [2.05, 4.69) is 65.2 Å². The van der Waals surface area contributed by atoms with Crippen molar-refractivity contribution in [2.75, 3.05) is 52.5 Å². The van der Waals surface area contributed by atoms with Crippen molar-refractivity contribution >= 4 is 21.7 Å². The van der Waals surface area contributed by atoms with Crippen LogP contribution in [0.1, 0.15) is 81.1 Å². The van der Waals surface area contributed by atoms with Crippen LogP contribution in [0.4, 0.5) is 0 Å². The molecular formula is C37H58N2O4. The standard InChI is InChI=1S/C37H58N2O4/c1-27(2)13-17-38(18-14-28(3)4)21-23-41-31-9-11-33-34-12-10-32(26-36(34)43-37(40)35(33)25-31)42-24-22-39(19-15-29(5)6)20-16-30(7)8/h9-12,25-30H,13-24H2,1-8H3. The fourth-order valence-electron chi connectivity index (χ4n) is 5.09. The first-order valence-corrected chi connectivity index (χ1v) is 16.7. The highest BCUT2D eigenvalue weighted by Gasteiger charge is 2.13. The molecule has 0 N–H and O–H groups in total. The maximum atomic E-state index is 13.0. The second kappa shape index (κ2) is 17.7. The Morgan fingerprint density at radius 3 is 1.42 bits per heavy atom. The minimum atomic E-state index is -0.353. The SMILES string of the molecule is CC(C)CCN(CCOc1ccc2c(c1)oc(=O)c1cc(OCCN(CCC(C)C)CCC(C)C)ccc12)CCC(C)C. The first-order valence-electron chi connectivity index (χ1n) is 16.7. The molecule has 0 bridgehead atoms. The predicted molar refractivity (Wildman–Crippen MR) is 182 cm³/mol. The van der Waals surface area contributed by atoms with Crippen LogP contribution < -0.4 is 15.1 Å². The summed E-state index contributed by atoms with van der Waals surface area (Å²) in [6.45, 7) is 25.5. The molecule has 0 atom stereocenters. The van der Waals surface area contributed by atoms with E-state index in [4.69, 9.17) is 13.9 Å². The van der Waals surface area contributed by atoms with Crippen molar-refractivity contribution in [3.05, 3.63) is 46.8 Å². The highest BCUT2D eigenvalue weighted by molar-refractivity contribution is 6.04. The molecule has 0 aliphatic rings. The van der Waals surface area contributed by atoms with Gasteiger partial charge >= 0.3 is 5.63 Å². The van der Waals surface area contributed by atoms with Crippen molar-refractivity contribution < 1.29 is 13.9 Å². The van der Waals surface area contributed by atoms with Crippen LogP contribution in [0, 0.1) is 23.7 Å². The van der Waals surface area contributed by atoms with Gasteiger partial charge < -0.3 is 13.9 Å². The van der Waals surface area contributed by atoms with Crippen LogP contribution in [0.5, 0.6) is 11.5 Å². The average Bonchev–Trinajstić information content (AvgIpc) is 2.95. The molecule has 0 radical (unpaired) electrons. The molecule has 6 heteroatoms. The smallest absolute Gasteiger partial charge is 0.344 e. The molecule has 0 aliphatic heterocycles. The van der Waals surface area contributed by atoms with Gasteiger partial charge in [0.05, 0.1) is 5.39 Å². The Bertz CT molecular complexity index is 1270. The predicted octanol–water partition coefficient (Wildman–Crippen LogP) is 8.49. The quantitative estimate of drug-likeness (QED) is 0.0966. The molecule has 1 heterocycles. The van der Waals surface area contributed by atoms with Crippen LogP contribution in [0.2, 0.25) is 0 Å². The van der Waals surface area contributed by atoms with E-state index in [1.165, 1.54) is 25.7 Å². The van der Waals surface area contributed by atoms with Crippen LogP contribution in [0.25, 0.3) is 21.7 Å². The zero-order valence-corrected chi connectivity index (χ0v) is 28.3. The molecule has 43 heavy (non-hydrogen) atoms. The number of rotatable bonds is 20. The third-order valence-electron chi connectivity index (χ3n) is 8.10. The lowest BCUT2D eigenvalue weighted by atomic mass is 10.1. The van der Waals surface area contributed by atoms with E-state index in [1.807, 2.05) is 36.4 Å². The summed E-state index contributed by atoms with van der Waals surface area (Å²) in [7, 11) is 0. The number of nitrogens with zero attached hydrogens (tertiary/aromatic N) is 2. The fourth-order valence-corrected chi connectivity index (χ4v) is 5.09. The summed E-state index contributed by atoms with van der Waals surface area (Å²) < 4.78 is 18.0. The second-order valence-corrected chi connectivity index (χ2v) is 13.9. The molecule has 1 aromatic heterocycles. The van der Waals surface area contributed by atoms with Crippen molar-refractivity contribution in [2.24, 2.45) is 23.7 Å². The van der Waals surface area contributed by atoms with Gasteiger partial charge in [-0.2, -0.15) is 0 Å². The summed E-state index contributed by atoms with van der Waals surface area (Å²) in [5, 5.41) is 2.31. The first-order chi connectivity index (χ1) is 20.5. The fraction of sp³-hybridized carbons (Fsp3) is 0.649. The topological polar surface area (TPSA) is 55.1 Å². The third-order valence-corrected chi connectivity index (χ3v) is 8.10. The molecule has 0 amide bonds. The van der Waals surface area contributed by atoms with Crippen LogP contribution >= 0.6 is 0 Å². The van der Waals surface area contributed by atoms with Crippen LogP contribution in [-0.2, 0) is 0 Å². The van der Waals surface area contributed by atoms with E-state index in [1.54, 1.807) is 0 Å². The van der Waals surface area contributed by atoms with Crippen LogP contribution in [0.3, 0.4) is 0 Å². The van der Waals surface area contributed by atoms with Gasteiger partial charge in [0.2, 0.25) is 0 Å².